The Hall–Kier alpha value is -2.41. The lowest BCUT2D eigenvalue weighted by Crippen LogP contribution is -2.40. The maximum absolute atomic E-state index is 11.5. The van der Waals surface area contributed by atoms with Crippen molar-refractivity contribution in [3.63, 3.8) is 0 Å². The molecule has 0 saturated heterocycles. The SMILES string of the molecule is COC(=O)c1ccc(OC(C(OC)C(C)(C)C)n2cncn2)cc1. The summed E-state index contributed by atoms with van der Waals surface area (Å²) in [6.07, 6.45) is 2.28. The number of rotatable bonds is 6. The monoisotopic (exact) mass is 333 g/mol. The second-order valence-corrected chi connectivity index (χ2v) is 6.42. The number of nitrogens with zero attached hydrogens (tertiary/aromatic N) is 3. The van der Waals surface area contributed by atoms with Gasteiger partial charge in [-0.05, 0) is 29.7 Å². The van der Waals surface area contributed by atoms with Crippen LogP contribution in [0.2, 0.25) is 0 Å². The van der Waals surface area contributed by atoms with E-state index >= 15 is 0 Å². The van der Waals surface area contributed by atoms with E-state index < -0.39 is 6.23 Å². The van der Waals surface area contributed by atoms with E-state index in [0.29, 0.717) is 11.3 Å². The first-order chi connectivity index (χ1) is 11.4. The molecule has 0 aliphatic carbocycles. The van der Waals surface area contributed by atoms with E-state index in [2.05, 4.69) is 30.9 Å². The van der Waals surface area contributed by atoms with Crippen LogP contribution in [0, 0.1) is 5.41 Å². The quantitative estimate of drug-likeness (QED) is 0.757. The number of aromatic nitrogens is 3. The molecule has 0 radical (unpaired) electrons. The third kappa shape index (κ3) is 4.11. The number of esters is 1. The van der Waals surface area contributed by atoms with Gasteiger partial charge in [-0.1, -0.05) is 20.8 Å². The average molecular weight is 333 g/mol. The molecule has 0 fully saturated rings. The minimum atomic E-state index is -0.499. The Morgan fingerprint density at radius 3 is 2.29 bits per heavy atom. The maximum Gasteiger partial charge on any atom is 0.337 e. The molecule has 1 heterocycles. The standard InChI is InChI=1S/C17H23N3O4/c1-17(2,3)14(22-4)15(20-11-18-10-19-20)24-13-8-6-12(7-9-13)16(21)23-5/h6-11,14-15H,1-5H3. The fourth-order valence-electron chi connectivity index (χ4n) is 2.43. The topological polar surface area (TPSA) is 75.5 Å². The second-order valence-electron chi connectivity index (χ2n) is 6.42. The van der Waals surface area contributed by atoms with Gasteiger partial charge in [0.25, 0.3) is 0 Å². The van der Waals surface area contributed by atoms with Gasteiger partial charge in [-0.2, -0.15) is 5.10 Å². The molecular formula is C17H23N3O4. The third-order valence-corrected chi connectivity index (χ3v) is 3.60. The second kappa shape index (κ2) is 7.44. The van der Waals surface area contributed by atoms with Crippen LogP contribution in [0.4, 0.5) is 0 Å². The number of benzene rings is 1. The van der Waals surface area contributed by atoms with Crippen LogP contribution in [0.1, 0.15) is 37.4 Å². The normalized spacial score (nSPS) is 14.0. The van der Waals surface area contributed by atoms with E-state index in [1.807, 2.05) is 0 Å². The molecule has 0 saturated carbocycles. The van der Waals surface area contributed by atoms with Crippen LogP contribution in [-0.4, -0.2) is 41.1 Å². The smallest absolute Gasteiger partial charge is 0.337 e. The van der Waals surface area contributed by atoms with Gasteiger partial charge in [-0.3, -0.25) is 0 Å². The fraction of sp³-hybridized carbons (Fsp3) is 0.471. The van der Waals surface area contributed by atoms with E-state index in [4.69, 9.17) is 14.2 Å². The predicted molar refractivity (Wildman–Crippen MR) is 87.7 cm³/mol. The summed E-state index contributed by atoms with van der Waals surface area (Å²) in [5.41, 5.74) is 0.276. The average Bonchev–Trinajstić information content (AvgIpc) is 3.07. The molecule has 1 aromatic carbocycles. The molecule has 0 N–H and O–H groups in total. The molecule has 7 heteroatoms. The van der Waals surface area contributed by atoms with Crippen LogP contribution < -0.4 is 4.74 Å². The zero-order chi connectivity index (χ0) is 17.7. The van der Waals surface area contributed by atoms with Crippen LogP contribution in [0.25, 0.3) is 0 Å². The Bertz CT molecular complexity index is 647. The summed E-state index contributed by atoms with van der Waals surface area (Å²) in [5, 5.41) is 4.18. The number of hydrogen-bond donors (Lipinski definition) is 0. The summed E-state index contributed by atoms with van der Waals surface area (Å²) in [6.45, 7) is 6.19. The first kappa shape index (κ1) is 17.9. The lowest BCUT2D eigenvalue weighted by Gasteiger charge is -2.35. The van der Waals surface area contributed by atoms with Crippen molar-refractivity contribution in [2.45, 2.75) is 33.1 Å². The van der Waals surface area contributed by atoms with Gasteiger partial charge in [0.15, 0.2) is 0 Å². The highest BCUT2D eigenvalue weighted by atomic mass is 16.5. The largest absolute Gasteiger partial charge is 0.466 e. The third-order valence-electron chi connectivity index (χ3n) is 3.60. The number of hydrogen-bond acceptors (Lipinski definition) is 6. The van der Waals surface area contributed by atoms with Gasteiger partial charge in [0.1, 0.15) is 24.5 Å². The number of ether oxygens (including phenoxy) is 3. The van der Waals surface area contributed by atoms with Crippen molar-refractivity contribution < 1.29 is 19.0 Å². The Morgan fingerprint density at radius 2 is 1.83 bits per heavy atom. The van der Waals surface area contributed by atoms with E-state index in [1.165, 1.54) is 13.4 Å². The Kier molecular flexibility index (Phi) is 5.56. The highest BCUT2D eigenvalue weighted by Crippen LogP contribution is 2.32. The molecule has 0 aliphatic rings. The minimum Gasteiger partial charge on any atom is -0.466 e. The highest BCUT2D eigenvalue weighted by Gasteiger charge is 2.36. The zero-order valence-corrected chi connectivity index (χ0v) is 14.6. The number of methoxy groups -OCH3 is 2. The van der Waals surface area contributed by atoms with Crippen molar-refractivity contribution >= 4 is 5.97 Å². The summed E-state index contributed by atoms with van der Waals surface area (Å²) < 4.78 is 18.1. The molecule has 2 rings (SSSR count). The molecule has 2 unspecified atom stereocenters. The number of carbonyl (C=O) groups is 1. The van der Waals surface area contributed by atoms with Gasteiger partial charge in [-0.15, -0.1) is 0 Å². The van der Waals surface area contributed by atoms with Crippen molar-refractivity contribution in [3.8, 4) is 5.75 Å². The van der Waals surface area contributed by atoms with Crippen LogP contribution in [0.15, 0.2) is 36.9 Å². The van der Waals surface area contributed by atoms with Gasteiger partial charge in [0.2, 0.25) is 6.23 Å². The molecule has 0 amide bonds. The van der Waals surface area contributed by atoms with Crippen molar-refractivity contribution in [3.05, 3.63) is 42.5 Å². The van der Waals surface area contributed by atoms with E-state index in [0.717, 1.165) is 0 Å². The van der Waals surface area contributed by atoms with E-state index in [1.54, 1.807) is 42.4 Å². The molecular weight excluding hydrogens is 310 g/mol. The van der Waals surface area contributed by atoms with Gasteiger partial charge in [-0.25, -0.2) is 14.5 Å². The predicted octanol–water partition coefficient (Wildman–Crippen LogP) is 2.70. The van der Waals surface area contributed by atoms with E-state index in [9.17, 15) is 4.79 Å². The molecule has 0 bridgehead atoms. The Morgan fingerprint density at radius 1 is 1.17 bits per heavy atom. The molecule has 130 valence electrons. The van der Waals surface area contributed by atoms with Gasteiger partial charge >= 0.3 is 5.97 Å². The minimum absolute atomic E-state index is 0.183. The molecule has 24 heavy (non-hydrogen) atoms. The summed E-state index contributed by atoms with van der Waals surface area (Å²) in [5.74, 6) is 0.202. The molecule has 7 nitrogen and oxygen atoms in total. The molecule has 0 spiro atoms. The van der Waals surface area contributed by atoms with Crippen LogP contribution in [-0.2, 0) is 9.47 Å². The first-order valence-corrected chi connectivity index (χ1v) is 7.58. The highest BCUT2D eigenvalue weighted by molar-refractivity contribution is 5.89. The molecule has 2 atom stereocenters. The van der Waals surface area contributed by atoms with Crippen molar-refractivity contribution in [2.75, 3.05) is 14.2 Å². The van der Waals surface area contributed by atoms with Crippen LogP contribution in [0.3, 0.4) is 0 Å². The lowest BCUT2D eigenvalue weighted by atomic mass is 9.88. The number of carbonyl (C=O) groups excluding carboxylic acids is 1. The van der Waals surface area contributed by atoms with Crippen LogP contribution in [0.5, 0.6) is 5.75 Å². The summed E-state index contributed by atoms with van der Waals surface area (Å²) in [7, 11) is 2.99. The molecule has 1 aromatic heterocycles. The maximum atomic E-state index is 11.5. The first-order valence-electron chi connectivity index (χ1n) is 7.58. The van der Waals surface area contributed by atoms with E-state index in [-0.39, 0.29) is 17.5 Å². The van der Waals surface area contributed by atoms with Gasteiger partial charge in [0, 0.05) is 7.11 Å². The van der Waals surface area contributed by atoms with Crippen molar-refractivity contribution in [1.29, 1.82) is 0 Å². The van der Waals surface area contributed by atoms with Crippen LogP contribution >= 0.6 is 0 Å². The van der Waals surface area contributed by atoms with Gasteiger partial charge in [0.05, 0.1) is 12.7 Å². The molecule has 0 aliphatic heterocycles. The van der Waals surface area contributed by atoms with Crippen molar-refractivity contribution in [2.24, 2.45) is 5.41 Å². The Labute approximate surface area is 141 Å². The Balaban J connectivity index is 2.27. The summed E-state index contributed by atoms with van der Waals surface area (Å²) in [6, 6.07) is 6.73. The molecule has 2 aromatic rings. The fourth-order valence-corrected chi connectivity index (χ4v) is 2.43. The summed E-state index contributed by atoms with van der Waals surface area (Å²) in [4.78, 5) is 15.5. The van der Waals surface area contributed by atoms with Gasteiger partial charge < -0.3 is 14.2 Å². The summed E-state index contributed by atoms with van der Waals surface area (Å²) >= 11 is 0. The lowest BCUT2D eigenvalue weighted by molar-refractivity contribution is -0.0958. The zero-order valence-electron chi connectivity index (χ0n) is 14.6. The van der Waals surface area contributed by atoms with Crippen molar-refractivity contribution in [1.82, 2.24) is 14.8 Å².